The standard InChI is InChI=1S/C13H21N3O2/c1-10-11(8-15(2)14-10)5-6-13(18)16-7-3-4-12(17)9-16/h8,12,17H,3-7,9H2,1-2H3. The SMILES string of the molecule is Cc1nn(C)cc1CCC(=O)N1CCCC(O)C1. The molecule has 0 aromatic carbocycles. The first-order valence-electron chi connectivity index (χ1n) is 6.51. The maximum Gasteiger partial charge on any atom is 0.222 e. The van der Waals surface area contributed by atoms with Gasteiger partial charge in [-0.1, -0.05) is 0 Å². The molecule has 1 fully saturated rings. The molecule has 2 rings (SSSR count). The Bertz CT molecular complexity index is 428. The number of aromatic nitrogens is 2. The van der Waals surface area contributed by atoms with Gasteiger partial charge in [-0.25, -0.2) is 0 Å². The lowest BCUT2D eigenvalue weighted by atomic mass is 10.1. The van der Waals surface area contributed by atoms with Crippen LogP contribution in [-0.4, -0.2) is 44.9 Å². The Labute approximate surface area is 107 Å². The molecule has 1 aromatic rings. The highest BCUT2D eigenvalue weighted by Crippen LogP contribution is 2.13. The normalized spacial score (nSPS) is 20.2. The summed E-state index contributed by atoms with van der Waals surface area (Å²) >= 11 is 0. The van der Waals surface area contributed by atoms with Crippen LogP contribution in [0.4, 0.5) is 0 Å². The van der Waals surface area contributed by atoms with E-state index in [0.717, 1.165) is 37.1 Å². The molecule has 2 heterocycles. The van der Waals surface area contributed by atoms with Gasteiger partial charge in [-0.15, -0.1) is 0 Å². The number of carbonyl (C=O) groups excluding carboxylic acids is 1. The minimum Gasteiger partial charge on any atom is -0.391 e. The fraction of sp³-hybridized carbons (Fsp3) is 0.692. The van der Waals surface area contributed by atoms with Gasteiger partial charge in [-0.2, -0.15) is 5.10 Å². The third kappa shape index (κ3) is 3.10. The van der Waals surface area contributed by atoms with Crippen molar-refractivity contribution in [2.45, 2.75) is 38.7 Å². The number of aryl methyl sites for hydroxylation is 3. The number of hydrogen-bond acceptors (Lipinski definition) is 3. The Morgan fingerprint density at radius 3 is 3.00 bits per heavy atom. The number of β-amino-alcohol motifs (C(OH)–C–C–N with tert-alkyl or cyclic N) is 1. The third-order valence-corrected chi connectivity index (χ3v) is 3.47. The van der Waals surface area contributed by atoms with Crippen molar-refractivity contribution in [3.63, 3.8) is 0 Å². The Hall–Kier alpha value is -1.36. The Balaban J connectivity index is 1.86. The van der Waals surface area contributed by atoms with Crippen molar-refractivity contribution in [2.75, 3.05) is 13.1 Å². The molecule has 1 saturated heterocycles. The van der Waals surface area contributed by atoms with Crippen molar-refractivity contribution in [2.24, 2.45) is 7.05 Å². The van der Waals surface area contributed by atoms with Crippen LogP contribution in [0.25, 0.3) is 0 Å². The van der Waals surface area contributed by atoms with E-state index in [2.05, 4.69) is 5.10 Å². The van der Waals surface area contributed by atoms with E-state index >= 15 is 0 Å². The summed E-state index contributed by atoms with van der Waals surface area (Å²) < 4.78 is 1.78. The van der Waals surface area contributed by atoms with Crippen molar-refractivity contribution in [1.82, 2.24) is 14.7 Å². The van der Waals surface area contributed by atoms with Crippen LogP contribution < -0.4 is 0 Å². The lowest BCUT2D eigenvalue weighted by molar-refractivity contribution is -0.134. The zero-order chi connectivity index (χ0) is 13.1. The zero-order valence-electron chi connectivity index (χ0n) is 11.1. The molecule has 18 heavy (non-hydrogen) atoms. The average molecular weight is 251 g/mol. The van der Waals surface area contributed by atoms with Gasteiger partial charge in [0.2, 0.25) is 5.91 Å². The summed E-state index contributed by atoms with van der Waals surface area (Å²) in [6.45, 7) is 3.23. The van der Waals surface area contributed by atoms with Gasteiger partial charge in [0.25, 0.3) is 0 Å². The Morgan fingerprint density at radius 1 is 1.61 bits per heavy atom. The molecule has 0 bridgehead atoms. The monoisotopic (exact) mass is 251 g/mol. The lowest BCUT2D eigenvalue weighted by Gasteiger charge is -2.30. The van der Waals surface area contributed by atoms with E-state index in [4.69, 9.17) is 0 Å². The number of aliphatic hydroxyl groups is 1. The molecule has 1 aliphatic rings. The second-order valence-electron chi connectivity index (χ2n) is 5.05. The van der Waals surface area contributed by atoms with E-state index < -0.39 is 0 Å². The molecule has 1 unspecified atom stereocenters. The maximum atomic E-state index is 12.0. The molecule has 5 nitrogen and oxygen atoms in total. The lowest BCUT2D eigenvalue weighted by Crippen LogP contribution is -2.42. The molecule has 5 heteroatoms. The summed E-state index contributed by atoms with van der Waals surface area (Å²) in [5, 5.41) is 13.8. The largest absolute Gasteiger partial charge is 0.391 e. The van der Waals surface area contributed by atoms with Crippen molar-refractivity contribution < 1.29 is 9.90 Å². The van der Waals surface area contributed by atoms with Gasteiger partial charge in [0.15, 0.2) is 0 Å². The maximum absolute atomic E-state index is 12.0. The summed E-state index contributed by atoms with van der Waals surface area (Å²) in [5.41, 5.74) is 2.12. The van der Waals surface area contributed by atoms with Gasteiger partial charge in [-0.3, -0.25) is 9.48 Å². The molecule has 0 aliphatic carbocycles. The number of rotatable bonds is 3. The number of carbonyl (C=O) groups is 1. The summed E-state index contributed by atoms with van der Waals surface area (Å²) in [6, 6.07) is 0. The Morgan fingerprint density at radius 2 is 2.39 bits per heavy atom. The predicted molar refractivity (Wildman–Crippen MR) is 68.1 cm³/mol. The number of piperidine rings is 1. The van der Waals surface area contributed by atoms with Gasteiger partial charge in [0, 0.05) is 32.8 Å². The van der Waals surface area contributed by atoms with Gasteiger partial charge < -0.3 is 10.0 Å². The van der Waals surface area contributed by atoms with Gasteiger partial charge >= 0.3 is 0 Å². The minimum atomic E-state index is -0.345. The minimum absolute atomic E-state index is 0.136. The van der Waals surface area contributed by atoms with E-state index in [9.17, 15) is 9.90 Å². The molecular formula is C13H21N3O2. The molecule has 1 N–H and O–H groups in total. The van der Waals surface area contributed by atoms with E-state index in [0.29, 0.717) is 13.0 Å². The van der Waals surface area contributed by atoms with Crippen LogP contribution in [0.1, 0.15) is 30.5 Å². The molecule has 0 radical (unpaired) electrons. The molecule has 100 valence electrons. The number of nitrogens with zero attached hydrogens (tertiary/aromatic N) is 3. The second kappa shape index (κ2) is 5.52. The van der Waals surface area contributed by atoms with Crippen LogP contribution in [0.15, 0.2) is 6.20 Å². The molecule has 1 amide bonds. The first kappa shape index (κ1) is 13.1. The number of aliphatic hydroxyl groups excluding tert-OH is 1. The molecule has 1 aliphatic heterocycles. The highest BCUT2D eigenvalue weighted by atomic mass is 16.3. The summed E-state index contributed by atoms with van der Waals surface area (Å²) in [7, 11) is 1.89. The van der Waals surface area contributed by atoms with Crippen LogP contribution in [0.5, 0.6) is 0 Å². The second-order valence-corrected chi connectivity index (χ2v) is 5.05. The summed E-state index contributed by atoms with van der Waals surface area (Å²) in [5.74, 6) is 0.136. The molecule has 1 atom stereocenters. The first-order valence-corrected chi connectivity index (χ1v) is 6.51. The summed E-state index contributed by atoms with van der Waals surface area (Å²) in [4.78, 5) is 13.8. The average Bonchev–Trinajstić information content (AvgIpc) is 2.65. The number of likely N-dealkylation sites (tertiary alicyclic amines) is 1. The zero-order valence-corrected chi connectivity index (χ0v) is 11.1. The molecule has 0 saturated carbocycles. The predicted octanol–water partition coefficient (Wildman–Crippen LogP) is 0.644. The first-order chi connectivity index (χ1) is 8.56. The third-order valence-electron chi connectivity index (χ3n) is 3.47. The van der Waals surface area contributed by atoms with Gasteiger partial charge in [0.05, 0.1) is 11.8 Å². The Kier molecular flexibility index (Phi) is 4.01. The van der Waals surface area contributed by atoms with Crippen LogP contribution in [0, 0.1) is 6.92 Å². The van der Waals surface area contributed by atoms with Crippen molar-refractivity contribution in [1.29, 1.82) is 0 Å². The summed E-state index contributed by atoms with van der Waals surface area (Å²) in [6.07, 6.45) is 4.56. The van der Waals surface area contributed by atoms with E-state index in [-0.39, 0.29) is 12.0 Å². The fourth-order valence-corrected chi connectivity index (χ4v) is 2.48. The molecule has 0 spiro atoms. The number of amides is 1. The molecular weight excluding hydrogens is 230 g/mol. The van der Waals surface area contributed by atoms with Crippen molar-refractivity contribution in [3.05, 3.63) is 17.5 Å². The van der Waals surface area contributed by atoms with Crippen molar-refractivity contribution in [3.8, 4) is 0 Å². The fourth-order valence-electron chi connectivity index (χ4n) is 2.48. The van der Waals surface area contributed by atoms with Crippen LogP contribution in [0.2, 0.25) is 0 Å². The quantitative estimate of drug-likeness (QED) is 0.858. The van der Waals surface area contributed by atoms with Crippen molar-refractivity contribution >= 4 is 5.91 Å². The van der Waals surface area contributed by atoms with Gasteiger partial charge in [-0.05, 0) is 31.7 Å². The topological polar surface area (TPSA) is 58.4 Å². The molecule has 1 aromatic heterocycles. The van der Waals surface area contributed by atoms with E-state index in [1.54, 1.807) is 9.58 Å². The van der Waals surface area contributed by atoms with Gasteiger partial charge in [0.1, 0.15) is 0 Å². The van der Waals surface area contributed by atoms with Crippen LogP contribution in [-0.2, 0) is 18.3 Å². The highest BCUT2D eigenvalue weighted by molar-refractivity contribution is 5.76. The van der Waals surface area contributed by atoms with Crippen LogP contribution in [0.3, 0.4) is 0 Å². The highest BCUT2D eigenvalue weighted by Gasteiger charge is 2.21. The smallest absolute Gasteiger partial charge is 0.222 e. The van der Waals surface area contributed by atoms with Crippen LogP contribution >= 0.6 is 0 Å². The van der Waals surface area contributed by atoms with E-state index in [1.807, 2.05) is 20.2 Å². The number of hydrogen-bond donors (Lipinski definition) is 1. The van der Waals surface area contributed by atoms with E-state index in [1.165, 1.54) is 0 Å².